The highest BCUT2D eigenvalue weighted by molar-refractivity contribution is 7.92. The highest BCUT2D eigenvalue weighted by Gasteiger charge is 2.19. The molecular weight excluding hydrogens is 288 g/mol. The lowest BCUT2D eigenvalue weighted by molar-refractivity contribution is 0.414. The van der Waals surface area contributed by atoms with E-state index in [9.17, 15) is 8.42 Å². The molecule has 0 saturated heterocycles. The van der Waals surface area contributed by atoms with Crippen molar-refractivity contribution in [2.24, 2.45) is 5.73 Å². The number of nitrogens with two attached hydrogens (primary N) is 1. The molecule has 0 heterocycles. The molecule has 0 atom stereocenters. The quantitative estimate of drug-likeness (QED) is 0.855. The summed E-state index contributed by atoms with van der Waals surface area (Å²) in [6.45, 7) is 0.362. The second-order valence-electron chi connectivity index (χ2n) is 4.48. The molecular formula is C15H18N2O3S. The van der Waals surface area contributed by atoms with E-state index >= 15 is 0 Å². The van der Waals surface area contributed by atoms with E-state index in [1.165, 1.54) is 13.2 Å². The molecule has 0 saturated carbocycles. The fraction of sp³-hybridized carbons (Fsp3) is 0.200. The van der Waals surface area contributed by atoms with Crippen LogP contribution in [0.5, 0.6) is 5.75 Å². The third-order valence-electron chi connectivity index (χ3n) is 3.00. The maximum Gasteiger partial charge on any atom is 0.262 e. The van der Waals surface area contributed by atoms with Crippen LogP contribution in [-0.2, 0) is 16.4 Å². The number of benzene rings is 2. The first kappa shape index (κ1) is 15.3. The van der Waals surface area contributed by atoms with Crippen LogP contribution in [0.4, 0.5) is 5.69 Å². The van der Waals surface area contributed by atoms with Gasteiger partial charge in [0.2, 0.25) is 0 Å². The Kier molecular flexibility index (Phi) is 4.82. The molecule has 0 fully saturated rings. The maximum absolute atomic E-state index is 12.5. The summed E-state index contributed by atoms with van der Waals surface area (Å²) in [5, 5.41) is 0. The van der Waals surface area contributed by atoms with Crippen LogP contribution < -0.4 is 15.2 Å². The van der Waals surface area contributed by atoms with Gasteiger partial charge in [-0.3, -0.25) is 4.72 Å². The molecule has 5 nitrogen and oxygen atoms in total. The van der Waals surface area contributed by atoms with Gasteiger partial charge in [0.15, 0.2) is 0 Å². The SMILES string of the molecule is COc1ccc(S(=O)(=O)Nc2ccccc2)c(CCN)c1. The zero-order chi connectivity index (χ0) is 15.3. The second kappa shape index (κ2) is 6.60. The van der Waals surface area contributed by atoms with Crippen molar-refractivity contribution < 1.29 is 13.2 Å². The molecule has 0 aromatic heterocycles. The van der Waals surface area contributed by atoms with Gasteiger partial charge in [0.1, 0.15) is 5.75 Å². The van der Waals surface area contributed by atoms with E-state index in [4.69, 9.17) is 10.5 Å². The van der Waals surface area contributed by atoms with Gasteiger partial charge in [-0.05, 0) is 48.9 Å². The molecule has 0 aliphatic carbocycles. The molecule has 3 N–H and O–H groups in total. The Morgan fingerprint density at radius 1 is 1.14 bits per heavy atom. The lowest BCUT2D eigenvalue weighted by atomic mass is 10.1. The van der Waals surface area contributed by atoms with Crippen molar-refractivity contribution >= 4 is 15.7 Å². The summed E-state index contributed by atoms with van der Waals surface area (Å²) >= 11 is 0. The highest BCUT2D eigenvalue weighted by atomic mass is 32.2. The van der Waals surface area contributed by atoms with Crippen molar-refractivity contribution in [3.63, 3.8) is 0 Å². The number of para-hydroxylation sites is 1. The molecule has 0 radical (unpaired) electrons. The van der Waals surface area contributed by atoms with Gasteiger partial charge in [0.25, 0.3) is 10.0 Å². The topological polar surface area (TPSA) is 81.4 Å². The third kappa shape index (κ3) is 3.74. The number of ether oxygens (including phenoxy) is 1. The molecule has 21 heavy (non-hydrogen) atoms. The molecule has 0 unspecified atom stereocenters. The summed E-state index contributed by atoms with van der Waals surface area (Å²) in [5.41, 5.74) is 6.72. The molecule has 0 aliphatic rings. The van der Waals surface area contributed by atoms with Crippen LogP contribution in [-0.4, -0.2) is 22.1 Å². The molecule has 2 rings (SSSR count). The van der Waals surface area contributed by atoms with Crippen molar-refractivity contribution in [2.45, 2.75) is 11.3 Å². The third-order valence-corrected chi connectivity index (χ3v) is 4.48. The summed E-state index contributed by atoms with van der Waals surface area (Å²) in [5.74, 6) is 0.608. The molecule has 112 valence electrons. The first-order chi connectivity index (χ1) is 10.1. The fourth-order valence-electron chi connectivity index (χ4n) is 2.01. The molecule has 2 aromatic carbocycles. The Hall–Kier alpha value is -2.05. The number of hydrogen-bond donors (Lipinski definition) is 2. The minimum atomic E-state index is -3.65. The molecule has 0 bridgehead atoms. The number of rotatable bonds is 6. The lowest BCUT2D eigenvalue weighted by Crippen LogP contribution is -2.16. The predicted octanol–water partition coefficient (Wildman–Crippen LogP) is 2.00. The second-order valence-corrected chi connectivity index (χ2v) is 6.13. The van der Waals surface area contributed by atoms with Gasteiger partial charge in [0, 0.05) is 5.69 Å². The van der Waals surface area contributed by atoms with Crippen LogP contribution in [0.15, 0.2) is 53.4 Å². The summed E-state index contributed by atoms with van der Waals surface area (Å²) in [7, 11) is -2.11. The van der Waals surface area contributed by atoms with Crippen molar-refractivity contribution in [1.82, 2.24) is 0 Å². The molecule has 2 aromatic rings. The molecule has 6 heteroatoms. The van der Waals surface area contributed by atoms with Crippen LogP contribution >= 0.6 is 0 Å². The number of hydrogen-bond acceptors (Lipinski definition) is 4. The first-order valence-corrected chi connectivity index (χ1v) is 8.00. The zero-order valence-electron chi connectivity index (χ0n) is 11.7. The average Bonchev–Trinajstić information content (AvgIpc) is 2.48. The molecule has 0 spiro atoms. The van der Waals surface area contributed by atoms with E-state index in [1.54, 1.807) is 36.4 Å². The van der Waals surface area contributed by atoms with Crippen LogP contribution in [0.1, 0.15) is 5.56 Å². The van der Waals surface area contributed by atoms with Crippen LogP contribution in [0.3, 0.4) is 0 Å². The molecule has 0 aliphatic heterocycles. The number of sulfonamides is 1. The van der Waals surface area contributed by atoms with E-state index in [1.807, 2.05) is 6.07 Å². The minimum Gasteiger partial charge on any atom is -0.497 e. The van der Waals surface area contributed by atoms with Crippen LogP contribution in [0.2, 0.25) is 0 Å². The van der Waals surface area contributed by atoms with Gasteiger partial charge >= 0.3 is 0 Å². The van der Waals surface area contributed by atoms with E-state index < -0.39 is 10.0 Å². The van der Waals surface area contributed by atoms with Gasteiger partial charge in [-0.25, -0.2) is 8.42 Å². The molecule has 0 amide bonds. The standard InChI is InChI=1S/C15H18N2O3S/c1-20-14-7-8-15(12(11-14)9-10-16)21(18,19)17-13-5-3-2-4-6-13/h2-8,11,17H,9-10,16H2,1H3. The Balaban J connectivity index is 2.39. The van der Waals surface area contributed by atoms with Crippen molar-refractivity contribution in [2.75, 3.05) is 18.4 Å². The smallest absolute Gasteiger partial charge is 0.262 e. The highest BCUT2D eigenvalue weighted by Crippen LogP contribution is 2.24. The number of anilines is 1. The van der Waals surface area contributed by atoms with E-state index in [2.05, 4.69) is 4.72 Å². The first-order valence-electron chi connectivity index (χ1n) is 6.51. The maximum atomic E-state index is 12.5. The van der Waals surface area contributed by atoms with Crippen LogP contribution in [0.25, 0.3) is 0 Å². The summed E-state index contributed by atoms with van der Waals surface area (Å²) in [6, 6.07) is 13.6. The Labute approximate surface area is 124 Å². The van der Waals surface area contributed by atoms with Gasteiger partial charge in [-0.1, -0.05) is 18.2 Å². The summed E-state index contributed by atoms with van der Waals surface area (Å²) in [6.07, 6.45) is 0.461. The number of methoxy groups -OCH3 is 1. The predicted molar refractivity (Wildman–Crippen MR) is 83.0 cm³/mol. The van der Waals surface area contributed by atoms with Crippen molar-refractivity contribution in [1.29, 1.82) is 0 Å². The van der Waals surface area contributed by atoms with Gasteiger partial charge in [0.05, 0.1) is 12.0 Å². The van der Waals surface area contributed by atoms with Crippen molar-refractivity contribution in [3.8, 4) is 5.75 Å². The minimum absolute atomic E-state index is 0.220. The Bertz CT molecular complexity index is 700. The van der Waals surface area contributed by atoms with Crippen LogP contribution in [0, 0.1) is 0 Å². The Morgan fingerprint density at radius 2 is 1.86 bits per heavy atom. The van der Waals surface area contributed by atoms with Gasteiger partial charge < -0.3 is 10.5 Å². The monoisotopic (exact) mass is 306 g/mol. The van der Waals surface area contributed by atoms with E-state index in [0.29, 0.717) is 30.0 Å². The van der Waals surface area contributed by atoms with E-state index in [0.717, 1.165) is 0 Å². The Morgan fingerprint density at radius 3 is 2.48 bits per heavy atom. The van der Waals surface area contributed by atoms with E-state index in [-0.39, 0.29) is 4.90 Å². The fourth-order valence-corrected chi connectivity index (χ4v) is 3.32. The van der Waals surface area contributed by atoms with Gasteiger partial charge in [-0.2, -0.15) is 0 Å². The van der Waals surface area contributed by atoms with Crippen molar-refractivity contribution in [3.05, 3.63) is 54.1 Å². The largest absolute Gasteiger partial charge is 0.497 e. The summed E-state index contributed by atoms with van der Waals surface area (Å²) < 4.78 is 32.7. The normalized spacial score (nSPS) is 11.1. The zero-order valence-corrected chi connectivity index (χ0v) is 12.6. The number of nitrogens with one attached hydrogen (secondary N) is 1. The lowest BCUT2D eigenvalue weighted by Gasteiger charge is -2.13. The summed E-state index contributed by atoms with van der Waals surface area (Å²) in [4.78, 5) is 0.220. The van der Waals surface area contributed by atoms with Gasteiger partial charge in [-0.15, -0.1) is 0 Å². The average molecular weight is 306 g/mol.